The van der Waals surface area contributed by atoms with E-state index in [9.17, 15) is 4.79 Å². The molecule has 1 amide bonds. The van der Waals surface area contributed by atoms with Crippen molar-refractivity contribution in [2.24, 2.45) is 11.8 Å². The Morgan fingerprint density at radius 1 is 1.41 bits per heavy atom. The van der Waals surface area contributed by atoms with Crippen molar-refractivity contribution in [3.63, 3.8) is 0 Å². The number of carbonyl (C=O) groups excluding carboxylic acids is 1. The summed E-state index contributed by atoms with van der Waals surface area (Å²) in [5.41, 5.74) is 9.57. The van der Waals surface area contributed by atoms with Gasteiger partial charge in [-0.1, -0.05) is 0 Å². The Bertz CT molecular complexity index is 401. The van der Waals surface area contributed by atoms with E-state index in [0.29, 0.717) is 5.69 Å². The van der Waals surface area contributed by atoms with Gasteiger partial charge >= 0.3 is 0 Å². The summed E-state index contributed by atoms with van der Waals surface area (Å²) in [6, 6.07) is 1.90. The van der Waals surface area contributed by atoms with E-state index in [1.807, 2.05) is 6.07 Å². The third kappa shape index (κ3) is 2.65. The number of nitrogens with one attached hydrogen (secondary N) is 1. The molecule has 0 spiro atoms. The summed E-state index contributed by atoms with van der Waals surface area (Å²) >= 11 is 0. The molecule has 0 unspecified atom stereocenters. The number of nitrogens with two attached hydrogens (primary N) is 2. The quantitative estimate of drug-likeness (QED) is 0.377. The van der Waals surface area contributed by atoms with Crippen LogP contribution in [0.1, 0.15) is 12.8 Å². The van der Waals surface area contributed by atoms with E-state index in [4.69, 9.17) is 11.6 Å². The summed E-state index contributed by atoms with van der Waals surface area (Å²) in [4.78, 5) is 17.6. The Morgan fingerprint density at radius 3 is 2.71 bits per heavy atom. The molecule has 6 heteroatoms. The van der Waals surface area contributed by atoms with E-state index in [0.717, 1.165) is 31.6 Å². The number of carbonyl (C=O) groups is 1. The van der Waals surface area contributed by atoms with Gasteiger partial charge in [0, 0.05) is 25.2 Å². The van der Waals surface area contributed by atoms with Gasteiger partial charge in [0.2, 0.25) is 5.91 Å². The van der Waals surface area contributed by atoms with E-state index < -0.39 is 0 Å². The number of pyridine rings is 1. The molecular formula is C11H17N5O. The third-order valence-electron chi connectivity index (χ3n) is 3.12. The molecule has 0 saturated carbocycles. The Hall–Kier alpha value is -1.82. The molecular weight excluding hydrogens is 218 g/mol. The first-order valence-electron chi connectivity index (χ1n) is 5.66. The van der Waals surface area contributed by atoms with Crippen LogP contribution in [0, 0.1) is 5.92 Å². The predicted molar refractivity (Wildman–Crippen MR) is 65.9 cm³/mol. The first-order valence-corrected chi connectivity index (χ1v) is 5.66. The van der Waals surface area contributed by atoms with Crippen molar-refractivity contribution < 1.29 is 4.79 Å². The van der Waals surface area contributed by atoms with Crippen molar-refractivity contribution in [3.8, 4) is 0 Å². The number of piperidine rings is 1. The van der Waals surface area contributed by atoms with Gasteiger partial charge in [-0.2, -0.15) is 0 Å². The first kappa shape index (κ1) is 11.7. The standard InChI is InChI=1S/C11H17N5O/c12-9-5-10(7-14-6-9)16-3-1-8(2-4-16)11(17)15-13/h5-8H,1-4,12-13H2,(H,15,17). The predicted octanol–water partition coefficient (Wildman–Crippen LogP) is -0.130. The monoisotopic (exact) mass is 235 g/mol. The molecule has 1 aromatic rings. The number of amides is 1. The van der Waals surface area contributed by atoms with E-state index >= 15 is 0 Å². The SMILES string of the molecule is NNC(=O)C1CCN(c2cncc(N)c2)CC1. The van der Waals surface area contributed by atoms with Crippen LogP contribution in [0.4, 0.5) is 11.4 Å². The molecule has 5 N–H and O–H groups in total. The highest BCUT2D eigenvalue weighted by atomic mass is 16.2. The highest BCUT2D eigenvalue weighted by Crippen LogP contribution is 2.23. The van der Waals surface area contributed by atoms with Crippen LogP contribution in [0.5, 0.6) is 0 Å². The normalized spacial score (nSPS) is 16.9. The molecule has 1 saturated heterocycles. The number of hydrogen-bond acceptors (Lipinski definition) is 5. The molecule has 1 aromatic heterocycles. The molecule has 92 valence electrons. The Kier molecular flexibility index (Phi) is 3.43. The smallest absolute Gasteiger partial charge is 0.237 e. The zero-order valence-electron chi connectivity index (χ0n) is 9.60. The van der Waals surface area contributed by atoms with Gasteiger partial charge in [-0.25, -0.2) is 5.84 Å². The van der Waals surface area contributed by atoms with Gasteiger partial charge in [-0.05, 0) is 18.9 Å². The maximum Gasteiger partial charge on any atom is 0.237 e. The van der Waals surface area contributed by atoms with Crippen molar-refractivity contribution >= 4 is 17.3 Å². The number of hydrogen-bond donors (Lipinski definition) is 3. The summed E-state index contributed by atoms with van der Waals surface area (Å²) in [5.74, 6) is 5.07. The number of rotatable bonds is 2. The summed E-state index contributed by atoms with van der Waals surface area (Å²) in [7, 11) is 0. The second kappa shape index (κ2) is 5.01. The van der Waals surface area contributed by atoms with Crippen molar-refractivity contribution in [3.05, 3.63) is 18.5 Å². The average Bonchev–Trinajstić information content (AvgIpc) is 2.38. The number of nitrogen functional groups attached to an aromatic ring is 1. The van der Waals surface area contributed by atoms with Crippen LogP contribution in [0.3, 0.4) is 0 Å². The largest absolute Gasteiger partial charge is 0.397 e. The average molecular weight is 235 g/mol. The van der Waals surface area contributed by atoms with E-state index in [1.165, 1.54) is 0 Å². The molecule has 6 nitrogen and oxygen atoms in total. The number of nitrogens with zero attached hydrogens (tertiary/aromatic N) is 2. The fourth-order valence-electron chi connectivity index (χ4n) is 2.14. The van der Waals surface area contributed by atoms with Gasteiger partial charge in [-0.3, -0.25) is 15.2 Å². The van der Waals surface area contributed by atoms with Gasteiger partial charge in [0.1, 0.15) is 0 Å². The second-order valence-electron chi connectivity index (χ2n) is 4.25. The summed E-state index contributed by atoms with van der Waals surface area (Å²) in [5, 5.41) is 0. The molecule has 2 heterocycles. The summed E-state index contributed by atoms with van der Waals surface area (Å²) in [6.45, 7) is 1.65. The van der Waals surface area contributed by atoms with Crippen molar-refractivity contribution in [2.45, 2.75) is 12.8 Å². The maximum absolute atomic E-state index is 11.4. The lowest BCUT2D eigenvalue weighted by atomic mass is 9.96. The molecule has 0 aromatic carbocycles. The zero-order valence-corrected chi connectivity index (χ0v) is 9.60. The number of anilines is 2. The Morgan fingerprint density at radius 2 is 2.12 bits per heavy atom. The van der Waals surface area contributed by atoms with Gasteiger partial charge < -0.3 is 10.6 Å². The lowest BCUT2D eigenvalue weighted by molar-refractivity contribution is -0.125. The van der Waals surface area contributed by atoms with Gasteiger partial charge in [0.15, 0.2) is 0 Å². The summed E-state index contributed by atoms with van der Waals surface area (Å²) < 4.78 is 0. The van der Waals surface area contributed by atoms with Crippen LogP contribution in [-0.4, -0.2) is 24.0 Å². The number of aromatic nitrogens is 1. The molecule has 1 aliphatic heterocycles. The van der Waals surface area contributed by atoms with Crippen LogP contribution >= 0.6 is 0 Å². The second-order valence-corrected chi connectivity index (χ2v) is 4.25. The molecule has 0 aliphatic carbocycles. The van der Waals surface area contributed by atoms with Gasteiger partial charge in [-0.15, -0.1) is 0 Å². The molecule has 0 radical (unpaired) electrons. The van der Waals surface area contributed by atoms with E-state index in [-0.39, 0.29) is 11.8 Å². The maximum atomic E-state index is 11.4. The number of hydrazine groups is 1. The molecule has 0 atom stereocenters. The minimum atomic E-state index is -0.0737. The van der Waals surface area contributed by atoms with Crippen molar-refractivity contribution in [2.75, 3.05) is 23.7 Å². The molecule has 17 heavy (non-hydrogen) atoms. The fraction of sp³-hybridized carbons (Fsp3) is 0.455. The molecule has 1 fully saturated rings. The minimum Gasteiger partial charge on any atom is -0.397 e. The van der Waals surface area contributed by atoms with Crippen molar-refractivity contribution in [1.82, 2.24) is 10.4 Å². The van der Waals surface area contributed by atoms with Crippen LogP contribution < -0.4 is 21.9 Å². The Balaban J connectivity index is 1.97. The molecule has 0 bridgehead atoms. The third-order valence-corrected chi connectivity index (χ3v) is 3.12. The zero-order chi connectivity index (χ0) is 12.3. The van der Waals surface area contributed by atoms with Gasteiger partial charge in [0.05, 0.1) is 17.6 Å². The lowest BCUT2D eigenvalue weighted by Gasteiger charge is -2.32. The first-order chi connectivity index (χ1) is 8.20. The van der Waals surface area contributed by atoms with E-state index in [2.05, 4.69) is 15.3 Å². The lowest BCUT2D eigenvalue weighted by Crippen LogP contribution is -2.42. The van der Waals surface area contributed by atoms with E-state index in [1.54, 1.807) is 12.4 Å². The van der Waals surface area contributed by atoms with Crippen LogP contribution in [0.25, 0.3) is 0 Å². The van der Waals surface area contributed by atoms with Crippen LogP contribution in [0.15, 0.2) is 18.5 Å². The van der Waals surface area contributed by atoms with Crippen LogP contribution in [0.2, 0.25) is 0 Å². The molecule has 1 aliphatic rings. The Labute approximate surface area is 100.0 Å². The summed E-state index contributed by atoms with van der Waals surface area (Å²) in [6.07, 6.45) is 5.02. The molecule has 2 rings (SSSR count). The van der Waals surface area contributed by atoms with Gasteiger partial charge in [0.25, 0.3) is 0 Å². The highest BCUT2D eigenvalue weighted by molar-refractivity contribution is 5.78. The fourth-order valence-corrected chi connectivity index (χ4v) is 2.14. The highest BCUT2D eigenvalue weighted by Gasteiger charge is 2.24. The van der Waals surface area contributed by atoms with Crippen molar-refractivity contribution in [1.29, 1.82) is 0 Å². The van der Waals surface area contributed by atoms with Crippen LogP contribution in [-0.2, 0) is 4.79 Å². The minimum absolute atomic E-state index is 0.0188. The topological polar surface area (TPSA) is 97.3 Å².